The molecule has 1 aromatic carbocycles. The minimum Gasteiger partial charge on any atom is -0.311 e. The first kappa shape index (κ1) is 21.8. The zero-order valence-electron chi connectivity index (χ0n) is 19.1. The molecule has 6 rings (SSSR count). The first-order valence-electron chi connectivity index (χ1n) is 11.6. The summed E-state index contributed by atoms with van der Waals surface area (Å²) < 4.78 is 17.6. The summed E-state index contributed by atoms with van der Waals surface area (Å²) in [6, 6.07) is 12.0. The number of hydrogen-bond donors (Lipinski definition) is 1. The Morgan fingerprint density at radius 2 is 1.80 bits per heavy atom. The summed E-state index contributed by atoms with van der Waals surface area (Å²) in [6.07, 6.45) is 10.0. The van der Waals surface area contributed by atoms with E-state index in [1.807, 2.05) is 18.5 Å². The van der Waals surface area contributed by atoms with E-state index in [0.717, 1.165) is 34.6 Å². The van der Waals surface area contributed by atoms with Crippen molar-refractivity contribution in [1.29, 1.82) is 10.5 Å². The number of rotatable bonds is 4. The van der Waals surface area contributed by atoms with Crippen LogP contribution in [0.3, 0.4) is 0 Å². The van der Waals surface area contributed by atoms with E-state index in [9.17, 15) is 14.9 Å². The normalized spacial score (nSPS) is 21.2. The minimum atomic E-state index is -0.457. The minimum absolute atomic E-state index is 0.251. The second-order valence-electron chi connectivity index (χ2n) is 9.26. The molecule has 174 valence electrons. The lowest BCUT2D eigenvalue weighted by atomic mass is 9.99. The van der Waals surface area contributed by atoms with E-state index in [1.165, 1.54) is 36.7 Å². The van der Waals surface area contributed by atoms with Crippen LogP contribution in [0.4, 0.5) is 4.39 Å². The highest BCUT2D eigenvalue weighted by atomic mass is 32.2. The quantitative estimate of drug-likeness (QED) is 0.439. The zero-order valence-corrected chi connectivity index (χ0v) is 19.9. The van der Waals surface area contributed by atoms with Gasteiger partial charge in [0.2, 0.25) is 0 Å². The van der Waals surface area contributed by atoms with Crippen LogP contribution in [0.15, 0.2) is 52.6 Å². The number of halogens is 1. The number of fused-ring (bicyclic) bond motifs is 3. The molecule has 2 saturated heterocycles. The van der Waals surface area contributed by atoms with Gasteiger partial charge in [-0.1, -0.05) is 11.8 Å². The lowest BCUT2D eigenvalue weighted by Gasteiger charge is -2.30. The Hall–Kier alpha value is -3.66. The largest absolute Gasteiger partial charge is 0.311 e. The van der Waals surface area contributed by atoms with E-state index in [1.54, 1.807) is 16.8 Å². The summed E-state index contributed by atoms with van der Waals surface area (Å²) >= 11 is 1.33. The smallest absolute Gasteiger partial charge is 0.124 e. The third-order valence-corrected chi connectivity index (χ3v) is 8.24. The number of aromatic nitrogens is 4. The molecule has 0 saturated carbocycles. The van der Waals surface area contributed by atoms with E-state index in [2.05, 4.69) is 34.2 Å². The zero-order chi connectivity index (χ0) is 24.1. The summed E-state index contributed by atoms with van der Waals surface area (Å²) in [4.78, 5) is 1.39. The molecule has 2 aliphatic rings. The monoisotopic (exact) mass is 483 g/mol. The van der Waals surface area contributed by atoms with E-state index < -0.39 is 5.82 Å². The van der Waals surface area contributed by atoms with Gasteiger partial charge in [0, 0.05) is 44.9 Å². The third-order valence-electron chi connectivity index (χ3n) is 7.13. The molecule has 0 spiro atoms. The topological polar surface area (TPSA) is 94.7 Å². The van der Waals surface area contributed by atoms with Gasteiger partial charge in [-0.05, 0) is 56.9 Å². The van der Waals surface area contributed by atoms with Gasteiger partial charge in [0.15, 0.2) is 0 Å². The van der Waals surface area contributed by atoms with Gasteiger partial charge in [-0.2, -0.15) is 20.7 Å². The Balaban J connectivity index is 1.43. The summed E-state index contributed by atoms with van der Waals surface area (Å²) in [7, 11) is 0. The Morgan fingerprint density at radius 3 is 2.54 bits per heavy atom. The number of pyridine rings is 1. The van der Waals surface area contributed by atoms with Crippen LogP contribution in [-0.4, -0.2) is 31.5 Å². The van der Waals surface area contributed by atoms with E-state index >= 15 is 0 Å². The van der Waals surface area contributed by atoms with Crippen LogP contribution in [0.1, 0.15) is 48.5 Å². The predicted octanol–water partition coefficient (Wildman–Crippen LogP) is 5.00. The second-order valence-corrected chi connectivity index (χ2v) is 10.3. The van der Waals surface area contributed by atoms with Gasteiger partial charge in [-0.3, -0.25) is 4.68 Å². The Morgan fingerprint density at radius 1 is 1.03 bits per heavy atom. The number of nitrogens with zero attached hydrogens (tertiary/aromatic N) is 6. The van der Waals surface area contributed by atoms with Crippen LogP contribution in [0, 0.1) is 35.4 Å². The third kappa shape index (κ3) is 3.78. The summed E-state index contributed by atoms with van der Waals surface area (Å²) in [6.45, 7) is 2.10. The van der Waals surface area contributed by atoms with Gasteiger partial charge in [-0.15, -0.1) is 0 Å². The summed E-state index contributed by atoms with van der Waals surface area (Å²) in [5.74, 6) is -0.457. The number of piperidine rings is 1. The van der Waals surface area contributed by atoms with Gasteiger partial charge < -0.3 is 5.32 Å². The summed E-state index contributed by atoms with van der Waals surface area (Å²) in [5, 5.41) is 32.0. The molecule has 9 heteroatoms. The van der Waals surface area contributed by atoms with Crippen molar-refractivity contribution in [1.82, 2.24) is 24.7 Å². The fourth-order valence-electron chi connectivity index (χ4n) is 5.49. The second kappa shape index (κ2) is 8.53. The Bertz CT molecular complexity index is 1530. The SMILES string of the molecule is Cc1c(-c2cc(Sc3ccc(F)cc3C#N)c3c(C#N)cnn3c2)cnn1C1C[C@H]2CC[C@@H](C1)N2. The molecule has 3 aromatic heterocycles. The molecule has 2 fully saturated rings. The van der Waals surface area contributed by atoms with Gasteiger partial charge in [0.1, 0.15) is 18.0 Å². The molecule has 5 heterocycles. The molecule has 0 aliphatic carbocycles. The van der Waals surface area contributed by atoms with Gasteiger partial charge >= 0.3 is 0 Å². The average molecular weight is 484 g/mol. The number of hydrogen-bond acceptors (Lipinski definition) is 6. The first-order chi connectivity index (χ1) is 17.0. The maximum atomic E-state index is 13.7. The van der Waals surface area contributed by atoms with Crippen LogP contribution in [0.2, 0.25) is 0 Å². The van der Waals surface area contributed by atoms with Crippen LogP contribution in [0.25, 0.3) is 16.6 Å². The molecule has 7 nitrogen and oxygen atoms in total. The van der Waals surface area contributed by atoms with Crippen molar-refractivity contribution >= 4 is 17.3 Å². The van der Waals surface area contributed by atoms with Crippen molar-refractivity contribution in [3.05, 3.63) is 65.5 Å². The first-order valence-corrected chi connectivity index (χ1v) is 12.4. The maximum absolute atomic E-state index is 13.7. The van der Waals surface area contributed by atoms with Gasteiger partial charge in [0.05, 0.1) is 35.1 Å². The van der Waals surface area contributed by atoms with Crippen LogP contribution >= 0.6 is 11.8 Å². The standard InChI is InChI=1S/C26H22FN7S/c1-15-23(13-31-34(15)22-8-20-3-4-21(9-22)32-20)17-7-25(26-18(11-29)12-30-33(26)14-17)35-24-5-2-19(27)6-16(24)10-28/h2,5-7,12-14,20-22,32H,3-4,8-9H2,1H3/t20-,21+,22?. The van der Waals surface area contributed by atoms with Crippen LogP contribution in [-0.2, 0) is 0 Å². The van der Waals surface area contributed by atoms with Crippen molar-refractivity contribution in [3.8, 4) is 23.3 Å². The number of benzene rings is 1. The molecule has 3 atom stereocenters. The molecular weight excluding hydrogens is 461 g/mol. The molecule has 1 unspecified atom stereocenters. The Kier molecular flexibility index (Phi) is 5.32. The van der Waals surface area contributed by atoms with Crippen molar-refractivity contribution < 1.29 is 4.39 Å². The van der Waals surface area contributed by atoms with Gasteiger partial charge in [-0.25, -0.2) is 8.91 Å². The molecule has 0 radical (unpaired) electrons. The maximum Gasteiger partial charge on any atom is 0.124 e. The Labute approximate surface area is 206 Å². The van der Waals surface area contributed by atoms with E-state index in [4.69, 9.17) is 5.10 Å². The highest BCUT2D eigenvalue weighted by molar-refractivity contribution is 7.99. The van der Waals surface area contributed by atoms with E-state index in [0.29, 0.717) is 34.1 Å². The predicted molar refractivity (Wildman–Crippen MR) is 129 cm³/mol. The highest BCUT2D eigenvalue weighted by Gasteiger charge is 2.35. The lowest BCUT2D eigenvalue weighted by Crippen LogP contribution is -2.39. The molecule has 1 N–H and O–H groups in total. The highest BCUT2D eigenvalue weighted by Crippen LogP contribution is 2.39. The van der Waals surface area contributed by atoms with E-state index in [-0.39, 0.29) is 5.56 Å². The van der Waals surface area contributed by atoms with Crippen LogP contribution < -0.4 is 5.32 Å². The molecule has 4 aromatic rings. The lowest BCUT2D eigenvalue weighted by molar-refractivity contribution is 0.278. The molecule has 2 bridgehead atoms. The van der Waals surface area contributed by atoms with Gasteiger partial charge in [0.25, 0.3) is 0 Å². The van der Waals surface area contributed by atoms with Crippen molar-refractivity contribution in [2.45, 2.75) is 60.5 Å². The number of nitrogens with one attached hydrogen (secondary N) is 1. The number of nitriles is 2. The van der Waals surface area contributed by atoms with Crippen LogP contribution in [0.5, 0.6) is 0 Å². The van der Waals surface area contributed by atoms with Crippen molar-refractivity contribution in [2.24, 2.45) is 0 Å². The molecule has 35 heavy (non-hydrogen) atoms. The van der Waals surface area contributed by atoms with Crippen molar-refractivity contribution in [2.75, 3.05) is 0 Å². The fourth-order valence-corrected chi connectivity index (χ4v) is 6.56. The summed E-state index contributed by atoms with van der Waals surface area (Å²) in [5.41, 5.74) is 4.38. The fraction of sp³-hybridized carbons (Fsp3) is 0.308. The molecular formula is C26H22FN7S. The average Bonchev–Trinajstić information content (AvgIpc) is 3.56. The molecule has 0 amide bonds. The molecule has 2 aliphatic heterocycles. The van der Waals surface area contributed by atoms with Crippen molar-refractivity contribution in [3.63, 3.8) is 0 Å².